The molecule has 0 aliphatic rings. The molecule has 3 rings (SSSR count). The number of benzene rings is 2. The SMILES string of the molecule is CN(Cc1oc2ccccc2c1CN)c1ccccc1F. The number of halogens is 1. The van der Waals surface area contributed by atoms with Gasteiger partial charge in [0.25, 0.3) is 0 Å². The second-order valence-corrected chi connectivity index (χ2v) is 5.01. The van der Waals surface area contributed by atoms with Gasteiger partial charge in [0.15, 0.2) is 0 Å². The van der Waals surface area contributed by atoms with Crippen molar-refractivity contribution in [3.05, 3.63) is 65.7 Å². The van der Waals surface area contributed by atoms with Gasteiger partial charge in [-0.05, 0) is 18.2 Å². The van der Waals surface area contributed by atoms with Gasteiger partial charge in [0.05, 0.1) is 12.2 Å². The van der Waals surface area contributed by atoms with Crippen LogP contribution in [0, 0.1) is 5.82 Å². The fraction of sp³-hybridized carbons (Fsp3) is 0.176. The Morgan fingerprint density at radius 1 is 1.10 bits per heavy atom. The number of fused-ring (bicyclic) bond motifs is 1. The Balaban J connectivity index is 1.96. The molecule has 0 bridgehead atoms. The normalized spacial score (nSPS) is 11.0. The van der Waals surface area contributed by atoms with E-state index < -0.39 is 0 Å². The van der Waals surface area contributed by atoms with E-state index in [2.05, 4.69) is 0 Å². The summed E-state index contributed by atoms with van der Waals surface area (Å²) in [6.45, 7) is 0.875. The van der Waals surface area contributed by atoms with E-state index in [1.54, 1.807) is 12.1 Å². The molecule has 0 unspecified atom stereocenters. The van der Waals surface area contributed by atoms with Gasteiger partial charge in [-0.2, -0.15) is 0 Å². The van der Waals surface area contributed by atoms with Crippen LogP contribution in [0.15, 0.2) is 52.9 Å². The molecule has 108 valence electrons. The maximum Gasteiger partial charge on any atom is 0.146 e. The van der Waals surface area contributed by atoms with E-state index >= 15 is 0 Å². The van der Waals surface area contributed by atoms with Crippen LogP contribution in [0.2, 0.25) is 0 Å². The topological polar surface area (TPSA) is 42.4 Å². The van der Waals surface area contributed by atoms with Crippen LogP contribution in [0.25, 0.3) is 11.0 Å². The molecule has 0 saturated carbocycles. The standard InChI is InChI=1S/C17H17FN2O/c1-20(15-8-4-3-7-14(15)18)11-17-13(10-19)12-6-2-5-9-16(12)21-17/h2-9H,10-11,19H2,1H3. The molecule has 0 fully saturated rings. The van der Waals surface area contributed by atoms with Gasteiger partial charge in [0.1, 0.15) is 17.2 Å². The Bertz CT molecular complexity index is 766. The number of para-hydroxylation sites is 2. The molecule has 3 nitrogen and oxygen atoms in total. The number of anilines is 1. The van der Waals surface area contributed by atoms with Crippen molar-refractivity contribution in [1.82, 2.24) is 0 Å². The molecule has 0 atom stereocenters. The Morgan fingerprint density at radius 3 is 2.57 bits per heavy atom. The summed E-state index contributed by atoms with van der Waals surface area (Å²) in [6.07, 6.45) is 0. The van der Waals surface area contributed by atoms with Crippen LogP contribution in [-0.4, -0.2) is 7.05 Å². The molecule has 21 heavy (non-hydrogen) atoms. The summed E-state index contributed by atoms with van der Waals surface area (Å²) >= 11 is 0. The number of hydrogen-bond donors (Lipinski definition) is 1. The molecular weight excluding hydrogens is 267 g/mol. The van der Waals surface area contributed by atoms with Gasteiger partial charge in [-0.15, -0.1) is 0 Å². The molecule has 0 spiro atoms. The Morgan fingerprint density at radius 2 is 1.81 bits per heavy atom. The lowest BCUT2D eigenvalue weighted by atomic mass is 10.1. The number of nitrogens with two attached hydrogens (primary N) is 1. The zero-order valence-corrected chi connectivity index (χ0v) is 11.8. The number of nitrogens with zero attached hydrogens (tertiary/aromatic N) is 1. The van der Waals surface area contributed by atoms with Crippen LogP contribution >= 0.6 is 0 Å². The maximum absolute atomic E-state index is 13.8. The number of rotatable bonds is 4. The summed E-state index contributed by atoms with van der Waals surface area (Å²) < 4.78 is 19.7. The van der Waals surface area contributed by atoms with Gasteiger partial charge < -0.3 is 15.1 Å². The van der Waals surface area contributed by atoms with Crippen molar-refractivity contribution in [1.29, 1.82) is 0 Å². The van der Waals surface area contributed by atoms with Crippen molar-refractivity contribution in [3.8, 4) is 0 Å². The summed E-state index contributed by atoms with van der Waals surface area (Å²) in [5.74, 6) is 0.537. The maximum atomic E-state index is 13.8. The van der Waals surface area contributed by atoms with Gasteiger partial charge >= 0.3 is 0 Å². The second kappa shape index (κ2) is 5.58. The zero-order chi connectivity index (χ0) is 14.8. The molecule has 3 aromatic rings. The highest BCUT2D eigenvalue weighted by Crippen LogP contribution is 2.28. The first-order valence-corrected chi connectivity index (χ1v) is 6.85. The highest BCUT2D eigenvalue weighted by atomic mass is 19.1. The molecular formula is C17H17FN2O. The van der Waals surface area contributed by atoms with E-state index in [4.69, 9.17) is 10.2 Å². The van der Waals surface area contributed by atoms with Crippen LogP contribution in [-0.2, 0) is 13.1 Å². The zero-order valence-electron chi connectivity index (χ0n) is 11.8. The second-order valence-electron chi connectivity index (χ2n) is 5.01. The Kier molecular flexibility index (Phi) is 3.62. The van der Waals surface area contributed by atoms with Crippen molar-refractivity contribution in [2.45, 2.75) is 13.1 Å². The van der Waals surface area contributed by atoms with Gasteiger partial charge in [0, 0.05) is 24.5 Å². The summed E-state index contributed by atoms with van der Waals surface area (Å²) in [4.78, 5) is 1.83. The van der Waals surface area contributed by atoms with Crippen molar-refractivity contribution in [2.75, 3.05) is 11.9 Å². The van der Waals surface area contributed by atoms with Gasteiger partial charge in [-0.3, -0.25) is 0 Å². The van der Waals surface area contributed by atoms with E-state index in [0.29, 0.717) is 18.8 Å². The predicted molar refractivity (Wildman–Crippen MR) is 82.6 cm³/mol. The third-order valence-electron chi connectivity index (χ3n) is 3.63. The largest absolute Gasteiger partial charge is 0.459 e. The van der Waals surface area contributed by atoms with Crippen LogP contribution in [0.3, 0.4) is 0 Å². The van der Waals surface area contributed by atoms with Crippen molar-refractivity contribution < 1.29 is 8.81 Å². The summed E-state index contributed by atoms with van der Waals surface area (Å²) in [6, 6.07) is 14.5. The summed E-state index contributed by atoms with van der Waals surface area (Å²) in [5.41, 5.74) is 8.19. The van der Waals surface area contributed by atoms with Gasteiger partial charge in [0.2, 0.25) is 0 Å². The van der Waals surface area contributed by atoms with E-state index in [9.17, 15) is 4.39 Å². The lowest BCUT2D eigenvalue weighted by molar-refractivity contribution is 0.536. The molecule has 2 N–H and O–H groups in total. The minimum atomic E-state index is -0.245. The first-order valence-electron chi connectivity index (χ1n) is 6.85. The third-order valence-corrected chi connectivity index (χ3v) is 3.63. The Labute approximate surface area is 122 Å². The van der Waals surface area contributed by atoms with E-state index in [1.165, 1.54) is 6.07 Å². The highest BCUT2D eigenvalue weighted by molar-refractivity contribution is 5.82. The van der Waals surface area contributed by atoms with Crippen molar-refractivity contribution >= 4 is 16.7 Å². The average Bonchev–Trinajstić information content (AvgIpc) is 2.84. The van der Waals surface area contributed by atoms with Crippen LogP contribution in [0.4, 0.5) is 10.1 Å². The Hall–Kier alpha value is -2.33. The molecule has 1 aromatic heterocycles. The highest BCUT2D eigenvalue weighted by Gasteiger charge is 2.15. The van der Waals surface area contributed by atoms with Crippen LogP contribution in [0.1, 0.15) is 11.3 Å². The first kappa shape index (κ1) is 13.6. The fourth-order valence-electron chi connectivity index (χ4n) is 2.56. The molecule has 2 aromatic carbocycles. The van der Waals surface area contributed by atoms with Gasteiger partial charge in [-0.25, -0.2) is 4.39 Å². The van der Waals surface area contributed by atoms with E-state index in [-0.39, 0.29) is 5.82 Å². The summed E-state index contributed by atoms with van der Waals surface area (Å²) in [7, 11) is 1.84. The molecule has 0 radical (unpaired) electrons. The van der Waals surface area contributed by atoms with Crippen molar-refractivity contribution in [3.63, 3.8) is 0 Å². The molecule has 1 heterocycles. The fourth-order valence-corrected chi connectivity index (χ4v) is 2.56. The molecule has 0 amide bonds. The van der Waals surface area contributed by atoms with Crippen LogP contribution < -0.4 is 10.6 Å². The average molecular weight is 284 g/mol. The molecule has 0 saturated heterocycles. The van der Waals surface area contributed by atoms with Crippen LogP contribution in [0.5, 0.6) is 0 Å². The minimum Gasteiger partial charge on any atom is -0.459 e. The quantitative estimate of drug-likeness (QED) is 0.795. The monoisotopic (exact) mass is 284 g/mol. The molecule has 4 heteroatoms. The van der Waals surface area contributed by atoms with Crippen molar-refractivity contribution in [2.24, 2.45) is 5.73 Å². The predicted octanol–water partition coefficient (Wildman–Crippen LogP) is 3.67. The lowest BCUT2D eigenvalue weighted by Crippen LogP contribution is -2.18. The van der Waals surface area contributed by atoms with Gasteiger partial charge in [-0.1, -0.05) is 30.3 Å². The number of furan rings is 1. The smallest absolute Gasteiger partial charge is 0.146 e. The first-order chi connectivity index (χ1) is 10.2. The van der Waals surface area contributed by atoms with E-state index in [1.807, 2.05) is 42.3 Å². The number of hydrogen-bond acceptors (Lipinski definition) is 3. The molecule has 0 aliphatic carbocycles. The lowest BCUT2D eigenvalue weighted by Gasteiger charge is -2.19. The molecule has 0 aliphatic heterocycles. The minimum absolute atomic E-state index is 0.245. The van der Waals surface area contributed by atoms with E-state index in [0.717, 1.165) is 22.3 Å². The summed E-state index contributed by atoms with van der Waals surface area (Å²) in [5, 5.41) is 1.02. The third kappa shape index (κ3) is 2.50.